The lowest BCUT2D eigenvalue weighted by Crippen LogP contribution is -2.23. The molecule has 244 valence electrons. The molecule has 0 saturated carbocycles. The summed E-state index contributed by atoms with van der Waals surface area (Å²) in [5, 5.41) is 0.194. The fraction of sp³-hybridized carbons (Fsp3) is 0.222. The summed E-state index contributed by atoms with van der Waals surface area (Å²) < 4.78 is 80.6. The topological polar surface area (TPSA) is 71.1 Å². The van der Waals surface area contributed by atoms with Crippen molar-refractivity contribution in [1.29, 1.82) is 0 Å². The van der Waals surface area contributed by atoms with Crippen LogP contribution in [-0.4, -0.2) is 11.9 Å². The zero-order chi connectivity index (χ0) is 34.7. The van der Waals surface area contributed by atoms with E-state index in [4.69, 9.17) is 18.9 Å². The van der Waals surface area contributed by atoms with Crippen LogP contribution in [0.4, 0.5) is 17.6 Å². The third-order valence-corrected chi connectivity index (χ3v) is 5.82. The van der Waals surface area contributed by atoms with Gasteiger partial charge in [-0.3, -0.25) is 0 Å². The highest BCUT2D eigenvalue weighted by atomic mass is 19.3. The Morgan fingerprint density at radius 2 is 0.848 bits per heavy atom. The summed E-state index contributed by atoms with van der Waals surface area (Å²) in [6, 6.07) is 17.0. The Labute approximate surface area is 265 Å². The molecular weight excluding hydrogens is 604 g/mol. The van der Waals surface area contributed by atoms with E-state index in [-0.39, 0.29) is 44.9 Å². The minimum absolute atomic E-state index is 0.0398. The maximum absolute atomic E-state index is 15.1. The molecule has 0 fully saturated rings. The number of hydrogen-bond acceptors (Lipinski definition) is 6. The van der Waals surface area contributed by atoms with Gasteiger partial charge in [-0.2, -0.15) is 17.6 Å². The number of benzene rings is 4. The van der Waals surface area contributed by atoms with Crippen molar-refractivity contribution in [3.63, 3.8) is 0 Å². The number of halogens is 4. The molecule has 4 aromatic rings. The lowest BCUT2D eigenvalue weighted by Gasteiger charge is -2.22. The number of alkyl halides is 4. The molecule has 0 aromatic heterocycles. The van der Waals surface area contributed by atoms with Gasteiger partial charge in [-0.05, 0) is 74.5 Å². The second-order valence-corrected chi connectivity index (χ2v) is 9.23. The molecule has 6 nitrogen and oxygen atoms in total. The third-order valence-electron chi connectivity index (χ3n) is 5.82. The molecule has 46 heavy (non-hydrogen) atoms. The van der Waals surface area contributed by atoms with Crippen LogP contribution in [0.3, 0.4) is 0 Å². The first-order valence-corrected chi connectivity index (χ1v) is 14.4. The Kier molecular flexibility index (Phi) is 13.1. The van der Waals surface area contributed by atoms with Gasteiger partial charge in [0, 0.05) is 21.9 Å². The summed E-state index contributed by atoms with van der Waals surface area (Å²) in [5.41, 5.74) is -0.787. The largest absolute Gasteiger partial charge is 0.428 e. The van der Waals surface area contributed by atoms with Gasteiger partial charge in [0.1, 0.15) is 23.0 Å². The second kappa shape index (κ2) is 16.3. The number of carbonyl (C=O) groups excluding carboxylic acids is 2. The van der Waals surface area contributed by atoms with E-state index in [0.29, 0.717) is 0 Å². The van der Waals surface area contributed by atoms with Gasteiger partial charge in [0.15, 0.2) is 0 Å². The van der Waals surface area contributed by atoms with Crippen LogP contribution in [0.15, 0.2) is 109 Å². The summed E-state index contributed by atoms with van der Waals surface area (Å²) in [4.78, 5) is 23.3. The van der Waals surface area contributed by atoms with E-state index in [1.54, 1.807) is 0 Å². The molecule has 0 unspecified atom stereocenters. The van der Waals surface area contributed by atoms with E-state index >= 15 is 17.6 Å². The monoisotopic (exact) mass is 640 g/mol. The molecule has 0 aliphatic heterocycles. The summed E-state index contributed by atoms with van der Waals surface area (Å²) in [7, 11) is 0. The van der Waals surface area contributed by atoms with Gasteiger partial charge in [0.25, 0.3) is 0 Å². The first-order chi connectivity index (χ1) is 21.8. The summed E-state index contributed by atoms with van der Waals surface area (Å²) in [6.07, 6.45) is -7.66. The average molecular weight is 641 g/mol. The molecule has 0 saturated heterocycles. The maximum Gasteiger partial charge on any atom is 0.426 e. The molecule has 0 atom stereocenters. The van der Waals surface area contributed by atoms with Crippen LogP contribution < -0.4 is 18.9 Å². The Morgan fingerprint density at radius 1 is 0.543 bits per heavy atom. The molecule has 0 N–H and O–H groups in total. The van der Waals surface area contributed by atoms with Crippen molar-refractivity contribution in [2.75, 3.05) is 0 Å². The van der Waals surface area contributed by atoms with Crippen LogP contribution in [0.25, 0.3) is 10.8 Å². The van der Waals surface area contributed by atoms with Gasteiger partial charge in [0.2, 0.25) is 0 Å². The van der Waals surface area contributed by atoms with E-state index in [0.717, 1.165) is 36.4 Å². The first-order valence-electron chi connectivity index (χ1n) is 14.4. The van der Waals surface area contributed by atoms with Crippen LogP contribution in [0.5, 0.6) is 23.0 Å². The van der Waals surface area contributed by atoms with Crippen molar-refractivity contribution in [3.05, 3.63) is 120 Å². The number of rotatable bonds is 10. The molecule has 0 amide bonds. The van der Waals surface area contributed by atoms with Crippen LogP contribution in [0, 0.1) is 0 Å². The predicted octanol–water partition coefficient (Wildman–Crippen LogP) is 10.1. The van der Waals surface area contributed by atoms with E-state index in [9.17, 15) is 9.59 Å². The summed E-state index contributed by atoms with van der Waals surface area (Å²) in [5.74, 6) is -1.89. The van der Waals surface area contributed by atoms with Gasteiger partial charge in [-0.25, -0.2) is 9.59 Å². The number of carbonyl (C=O) groups is 2. The summed E-state index contributed by atoms with van der Waals surface area (Å²) >= 11 is 0. The maximum atomic E-state index is 15.1. The molecule has 0 spiro atoms. The van der Waals surface area contributed by atoms with Crippen molar-refractivity contribution >= 4 is 22.7 Å². The van der Waals surface area contributed by atoms with Crippen molar-refractivity contribution < 1.29 is 46.1 Å². The van der Waals surface area contributed by atoms with E-state index in [1.165, 1.54) is 62.4 Å². The SMILES string of the molecule is C=C(C)C(=O)Oc1ccc(C(F)(F)Oc2ccc(OC(F)(F)c3ccc(OC(=O)C(=C)C)cc3)c3ccccc23)cc1.CC.CC. The molecule has 0 aliphatic rings. The van der Waals surface area contributed by atoms with E-state index < -0.39 is 35.3 Å². The Bertz CT molecular complexity index is 1540. The number of ether oxygens (including phenoxy) is 4. The molecule has 10 heteroatoms. The highest BCUT2D eigenvalue weighted by molar-refractivity contribution is 5.93. The Hall–Kier alpha value is -5.12. The molecule has 0 radical (unpaired) electrons. The molecule has 0 heterocycles. The molecule has 4 aromatic carbocycles. The van der Waals surface area contributed by atoms with Crippen LogP contribution in [0.1, 0.15) is 52.7 Å². The zero-order valence-corrected chi connectivity index (χ0v) is 26.5. The second-order valence-electron chi connectivity index (χ2n) is 9.23. The van der Waals surface area contributed by atoms with Gasteiger partial charge in [-0.1, -0.05) is 65.1 Å². The van der Waals surface area contributed by atoms with Crippen LogP contribution in [0.2, 0.25) is 0 Å². The number of fused-ring (bicyclic) bond motifs is 1. The number of hydrogen-bond donors (Lipinski definition) is 0. The standard InChI is InChI=1S/C32H24F4O6.2C2H6/c1-19(2)29(37)39-23-13-9-21(10-14-23)31(33,34)41-27-17-18-28(26-8-6-5-7-25(26)27)42-32(35,36)22-11-15-24(16-12-22)40-30(38)20(3)4;2*1-2/h5-18H,1,3H2,2,4H3;2*1-2H3. The van der Waals surface area contributed by atoms with Crippen molar-refractivity contribution in [2.45, 2.75) is 53.8 Å². The number of esters is 2. The zero-order valence-electron chi connectivity index (χ0n) is 26.5. The van der Waals surface area contributed by atoms with Crippen molar-refractivity contribution in [3.8, 4) is 23.0 Å². The van der Waals surface area contributed by atoms with E-state index in [1.807, 2.05) is 27.7 Å². The van der Waals surface area contributed by atoms with Gasteiger partial charge >= 0.3 is 24.2 Å². The highest BCUT2D eigenvalue weighted by Crippen LogP contribution is 2.41. The minimum atomic E-state index is -3.83. The quantitative estimate of drug-likeness (QED) is 0.0744. The van der Waals surface area contributed by atoms with Gasteiger partial charge < -0.3 is 18.9 Å². The van der Waals surface area contributed by atoms with Crippen molar-refractivity contribution in [1.82, 2.24) is 0 Å². The van der Waals surface area contributed by atoms with Gasteiger partial charge in [-0.15, -0.1) is 0 Å². The van der Waals surface area contributed by atoms with Crippen LogP contribution in [-0.2, 0) is 21.8 Å². The van der Waals surface area contributed by atoms with Crippen molar-refractivity contribution in [2.24, 2.45) is 0 Å². The predicted molar refractivity (Wildman–Crippen MR) is 169 cm³/mol. The lowest BCUT2D eigenvalue weighted by atomic mass is 10.1. The fourth-order valence-electron chi connectivity index (χ4n) is 3.64. The third kappa shape index (κ3) is 9.44. The lowest BCUT2D eigenvalue weighted by molar-refractivity contribution is -0.186. The van der Waals surface area contributed by atoms with Crippen LogP contribution >= 0.6 is 0 Å². The minimum Gasteiger partial charge on any atom is -0.428 e. The van der Waals surface area contributed by atoms with E-state index in [2.05, 4.69) is 13.2 Å². The highest BCUT2D eigenvalue weighted by Gasteiger charge is 2.37. The summed E-state index contributed by atoms with van der Waals surface area (Å²) in [6.45, 7) is 17.8. The molecule has 4 rings (SSSR count). The smallest absolute Gasteiger partial charge is 0.426 e. The molecule has 0 bridgehead atoms. The normalized spacial score (nSPS) is 10.7. The molecule has 0 aliphatic carbocycles. The fourth-order valence-corrected chi connectivity index (χ4v) is 3.64. The Morgan fingerprint density at radius 3 is 1.13 bits per heavy atom. The average Bonchev–Trinajstić information content (AvgIpc) is 3.04. The van der Waals surface area contributed by atoms with Gasteiger partial charge in [0.05, 0.1) is 11.1 Å². The molecular formula is C36H36F4O6. The Balaban J connectivity index is 0.00000177. The first kappa shape index (κ1) is 37.1.